The predicted molar refractivity (Wildman–Crippen MR) is 80.9 cm³/mol. The highest BCUT2D eigenvalue weighted by Crippen LogP contribution is 2.19. The first kappa shape index (κ1) is 15.9. The van der Waals surface area contributed by atoms with Crippen LogP contribution in [0.25, 0.3) is 0 Å². The van der Waals surface area contributed by atoms with Crippen LogP contribution in [0.1, 0.15) is 18.6 Å². The van der Waals surface area contributed by atoms with E-state index in [9.17, 15) is 9.90 Å². The smallest absolute Gasteiger partial charge is 0.236 e. The van der Waals surface area contributed by atoms with Gasteiger partial charge in [0.2, 0.25) is 5.91 Å². The molecule has 1 aromatic rings. The molecule has 0 saturated carbocycles. The number of carbonyl (C=O) groups excluding carboxylic acids is 1. The second kappa shape index (κ2) is 7.54. The van der Waals surface area contributed by atoms with Gasteiger partial charge in [0.05, 0.1) is 25.9 Å². The fourth-order valence-corrected chi connectivity index (χ4v) is 2.44. The van der Waals surface area contributed by atoms with Gasteiger partial charge in [0.1, 0.15) is 0 Å². The first-order valence-electron chi connectivity index (χ1n) is 7.38. The lowest BCUT2D eigenvalue weighted by atomic mass is 10.0. The van der Waals surface area contributed by atoms with Crippen LogP contribution < -0.4 is 0 Å². The summed E-state index contributed by atoms with van der Waals surface area (Å²) in [5, 5.41) is 10.4. The van der Waals surface area contributed by atoms with E-state index in [0.29, 0.717) is 32.8 Å². The van der Waals surface area contributed by atoms with Crippen molar-refractivity contribution in [1.29, 1.82) is 0 Å². The molecule has 0 aromatic heterocycles. The number of hydrogen-bond donors (Lipinski definition) is 1. The minimum atomic E-state index is -0.603. The molecule has 1 fully saturated rings. The Morgan fingerprint density at radius 1 is 1.33 bits per heavy atom. The van der Waals surface area contributed by atoms with Crippen LogP contribution in [-0.4, -0.2) is 66.8 Å². The van der Waals surface area contributed by atoms with Gasteiger partial charge >= 0.3 is 0 Å². The summed E-state index contributed by atoms with van der Waals surface area (Å²) < 4.78 is 5.25. The number of benzene rings is 1. The molecule has 0 unspecified atom stereocenters. The van der Waals surface area contributed by atoms with Crippen molar-refractivity contribution in [3.63, 3.8) is 0 Å². The largest absolute Gasteiger partial charge is 0.387 e. The fourth-order valence-electron chi connectivity index (χ4n) is 2.44. The molecule has 116 valence electrons. The summed E-state index contributed by atoms with van der Waals surface area (Å²) >= 11 is 0. The van der Waals surface area contributed by atoms with Crippen LogP contribution in [0.15, 0.2) is 30.3 Å². The van der Waals surface area contributed by atoms with Crippen LogP contribution in [0.4, 0.5) is 0 Å². The van der Waals surface area contributed by atoms with Crippen molar-refractivity contribution >= 4 is 5.91 Å². The summed E-state index contributed by atoms with van der Waals surface area (Å²) in [6.07, 6.45) is -0.603. The first-order chi connectivity index (χ1) is 10.1. The molecule has 0 aliphatic carbocycles. The maximum Gasteiger partial charge on any atom is 0.236 e. The van der Waals surface area contributed by atoms with Gasteiger partial charge in [-0.25, -0.2) is 0 Å². The second-order valence-corrected chi connectivity index (χ2v) is 5.50. The predicted octanol–water partition coefficient (Wildman–Crippen LogP) is 0.899. The molecule has 0 bridgehead atoms. The molecule has 5 nitrogen and oxygen atoms in total. The van der Waals surface area contributed by atoms with Crippen molar-refractivity contribution < 1.29 is 14.6 Å². The van der Waals surface area contributed by atoms with Crippen LogP contribution in [-0.2, 0) is 9.53 Å². The number of carbonyl (C=O) groups is 1. The molecule has 1 amide bonds. The van der Waals surface area contributed by atoms with E-state index < -0.39 is 6.10 Å². The van der Waals surface area contributed by atoms with Crippen molar-refractivity contribution in [2.24, 2.45) is 0 Å². The van der Waals surface area contributed by atoms with Crippen molar-refractivity contribution in [3.05, 3.63) is 35.9 Å². The van der Waals surface area contributed by atoms with Gasteiger partial charge in [-0.15, -0.1) is 0 Å². The summed E-state index contributed by atoms with van der Waals surface area (Å²) in [4.78, 5) is 15.9. The average molecular weight is 292 g/mol. The highest BCUT2D eigenvalue weighted by Gasteiger charge is 2.24. The van der Waals surface area contributed by atoms with E-state index in [4.69, 9.17) is 4.74 Å². The SMILES string of the molecule is C[C@@H]([C@@H](O)c1ccccc1)N(C)CC(=O)N1CCOCC1. The molecule has 1 aromatic carbocycles. The standard InChI is InChI=1S/C16H24N2O3/c1-13(16(20)14-6-4-3-5-7-14)17(2)12-15(19)18-8-10-21-11-9-18/h3-7,13,16,20H,8-12H2,1-2H3/t13-,16+/m0/s1. The van der Waals surface area contributed by atoms with Gasteiger partial charge in [0.25, 0.3) is 0 Å². The van der Waals surface area contributed by atoms with Crippen molar-refractivity contribution in [2.45, 2.75) is 19.1 Å². The Hall–Kier alpha value is -1.43. The quantitative estimate of drug-likeness (QED) is 0.876. The summed E-state index contributed by atoms with van der Waals surface area (Å²) in [5.41, 5.74) is 0.871. The number of amides is 1. The minimum Gasteiger partial charge on any atom is -0.387 e. The summed E-state index contributed by atoms with van der Waals surface area (Å²) in [7, 11) is 1.87. The van der Waals surface area contributed by atoms with E-state index in [1.165, 1.54) is 0 Å². The highest BCUT2D eigenvalue weighted by atomic mass is 16.5. The number of morpholine rings is 1. The Morgan fingerprint density at radius 2 is 1.95 bits per heavy atom. The normalized spacial score (nSPS) is 18.6. The van der Waals surface area contributed by atoms with Gasteiger partial charge < -0.3 is 14.7 Å². The molecule has 2 atom stereocenters. The van der Waals surface area contributed by atoms with E-state index in [2.05, 4.69) is 0 Å². The molecule has 1 heterocycles. The van der Waals surface area contributed by atoms with Gasteiger partial charge in [-0.3, -0.25) is 9.69 Å². The van der Waals surface area contributed by atoms with E-state index in [1.807, 2.05) is 54.1 Å². The zero-order valence-electron chi connectivity index (χ0n) is 12.7. The topological polar surface area (TPSA) is 53.0 Å². The zero-order valence-corrected chi connectivity index (χ0v) is 12.7. The van der Waals surface area contributed by atoms with Crippen LogP contribution in [0.5, 0.6) is 0 Å². The Labute approximate surface area is 126 Å². The van der Waals surface area contributed by atoms with Gasteiger partial charge in [-0.05, 0) is 19.5 Å². The Kier molecular flexibility index (Phi) is 5.73. The first-order valence-corrected chi connectivity index (χ1v) is 7.38. The number of ether oxygens (including phenoxy) is 1. The summed E-state index contributed by atoms with van der Waals surface area (Å²) in [5.74, 6) is 0.0907. The molecule has 2 rings (SSSR count). The molecule has 5 heteroatoms. The van der Waals surface area contributed by atoms with E-state index in [-0.39, 0.29) is 11.9 Å². The number of aliphatic hydroxyl groups excluding tert-OH is 1. The van der Waals surface area contributed by atoms with Crippen molar-refractivity contribution in [1.82, 2.24) is 9.80 Å². The maximum atomic E-state index is 12.2. The third kappa shape index (κ3) is 4.27. The number of aliphatic hydroxyl groups is 1. The third-order valence-electron chi connectivity index (χ3n) is 4.04. The Morgan fingerprint density at radius 3 is 2.57 bits per heavy atom. The lowest BCUT2D eigenvalue weighted by Gasteiger charge is -2.32. The van der Waals surface area contributed by atoms with Gasteiger partial charge in [0, 0.05) is 19.1 Å². The Balaban J connectivity index is 1.89. The molecule has 0 radical (unpaired) electrons. The third-order valence-corrected chi connectivity index (χ3v) is 4.04. The molecule has 1 aliphatic heterocycles. The summed E-state index contributed by atoms with van der Waals surface area (Å²) in [6.45, 7) is 4.77. The van der Waals surface area contributed by atoms with Crippen molar-refractivity contribution in [3.8, 4) is 0 Å². The van der Waals surface area contributed by atoms with Gasteiger partial charge in [-0.2, -0.15) is 0 Å². The lowest BCUT2D eigenvalue weighted by molar-refractivity contribution is -0.137. The van der Waals surface area contributed by atoms with Crippen LogP contribution in [0.3, 0.4) is 0 Å². The second-order valence-electron chi connectivity index (χ2n) is 5.50. The molecule has 1 saturated heterocycles. The highest BCUT2D eigenvalue weighted by molar-refractivity contribution is 5.78. The average Bonchev–Trinajstić information content (AvgIpc) is 2.55. The van der Waals surface area contributed by atoms with Gasteiger partial charge in [-0.1, -0.05) is 30.3 Å². The molecule has 21 heavy (non-hydrogen) atoms. The molecule has 1 aliphatic rings. The van der Waals surface area contributed by atoms with E-state index in [1.54, 1.807) is 0 Å². The number of hydrogen-bond acceptors (Lipinski definition) is 4. The van der Waals surface area contributed by atoms with E-state index >= 15 is 0 Å². The number of likely N-dealkylation sites (N-methyl/N-ethyl adjacent to an activating group) is 1. The zero-order chi connectivity index (χ0) is 15.2. The maximum absolute atomic E-state index is 12.2. The Bertz CT molecular complexity index is 446. The molecule has 1 N–H and O–H groups in total. The molecular formula is C16H24N2O3. The molecule has 0 spiro atoms. The number of nitrogens with zero attached hydrogens (tertiary/aromatic N) is 2. The van der Waals surface area contributed by atoms with Crippen LogP contribution in [0.2, 0.25) is 0 Å². The fraction of sp³-hybridized carbons (Fsp3) is 0.562. The summed E-state index contributed by atoms with van der Waals surface area (Å²) in [6, 6.07) is 9.41. The van der Waals surface area contributed by atoms with Crippen molar-refractivity contribution in [2.75, 3.05) is 39.9 Å². The van der Waals surface area contributed by atoms with Crippen LogP contribution >= 0.6 is 0 Å². The monoisotopic (exact) mass is 292 g/mol. The lowest BCUT2D eigenvalue weighted by Crippen LogP contribution is -2.47. The van der Waals surface area contributed by atoms with Gasteiger partial charge in [0.15, 0.2) is 0 Å². The number of rotatable bonds is 5. The minimum absolute atomic E-state index is 0.0907. The van der Waals surface area contributed by atoms with Crippen LogP contribution in [0, 0.1) is 0 Å². The van der Waals surface area contributed by atoms with E-state index in [0.717, 1.165) is 5.56 Å². The molecular weight excluding hydrogens is 268 g/mol.